The van der Waals surface area contributed by atoms with Crippen LogP contribution >= 0.6 is 0 Å². The third kappa shape index (κ3) is 3.77. The minimum Gasteiger partial charge on any atom is -0.497 e. The number of aryl methyl sites for hydroxylation is 1. The smallest absolute Gasteiger partial charge is 0.325 e. The van der Waals surface area contributed by atoms with Gasteiger partial charge in [0.2, 0.25) is 5.91 Å². The molecule has 174 valence electrons. The molecule has 3 aromatic rings. The van der Waals surface area contributed by atoms with Crippen LogP contribution in [-0.4, -0.2) is 36.4 Å². The molecule has 3 aromatic carbocycles. The van der Waals surface area contributed by atoms with Gasteiger partial charge >= 0.3 is 6.03 Å². The zero-order valence-corrected chi connectivity index (χ0v) is 19.3. The topological polar surface area (TPSA) is 87.7 Å². The van der Waals surface area contributed by atoms with Crippen LogP contribution < -0.4 is 15.4 Å². The molecule has 1 aliphatic carbocycles. The van der Waals surface area contributed by atoms with E-state index in [0.29, 0.717) is 5.56 Å². The first-order valence-electron chi connectivity index (χ1n) is 11.5. The molecule has 0 radical (unpaired) electrons. The molecule has 0 aromatic heterocycles. The van der Waals surface area contributed by atoms with Gasteiger partial charge in [0.25, 0.3) is 5.91 Å². The summed E-state index contributed by atoms with van der Waals surface area (Å²) in [4.78, 5) is 39.9. The van der Waals surface area contributed by atoms with Gasteiger partial charge < -0.3 is 15.4 Å². The molecule has 1 saturated heterocycles. The van der Waals surface area contributed by atoms with Crippen molar-refractivity contribution < 1.29 is 19.1 Å². The predicted molar refractivity (Wildman–Crippen MR) is 128 cm³/mol. The summed E-state index contributed by atoms with van der Waals surface area (Å²) in [6.07, 6.45) is 2.81. The van der Waals surface area contributed by atoms with E-state index < -0.39 is 17.5 Å². The van der Waals surface area contributed by atoms with Gasteiger partial charge in [-0.05, 0) is 71.8 Å². The molecule has 0 spiro atoms. The van der Waals surface area contributed by atoms with Crippen LogP contribution in [0.1, 0.15) is 42.5 Å². The summed E-state index contributed by atoms with van der Waals surface area (Å²) in [5, 5.41) is 7.70. The van der Waals surface area contributed by atoms with E-state index in [1.165, 1.54) is 5.56 Å². The second kappa shape index (κ2) is 8.48. The fourth-order valence-electron chi connectivity index (χ4n) is 4.99. The number of urea groups is 1. The summed E-state index contributed by atoms with van der Waals surface area (Å²) in [7, 11) is 1.61. The van der Waals surface area contributed by atoms with Gasteiger partial charge in [0.1, 0.15) is 17.8 Å². The average molecular weight is 458 g/mol. The molecule has 1 aliphatic heterocycles. The largest absolute Gasteiger partial charge is 0.497 e. The van der Waals surface area contributed by atoms with Crippen molar-refractivity contribution in [1.29, 1.82) is 0 Å². The number of hydrogen-bond acceptors (Lipinski definition) is 4. The molecule has 1 fully saturated rings. The van der Waals surface area contributed by atoms with Crippen molar-refractivity contribution in [1.82, 2.24) is 15.5 Å². The van der Waals surface area contributed by atoms with Gasteiger partial charge in [-0.25, -0.2) is 4.79 Å². The maximum atomic E-state index is 13.3. The number of ether oxygens (including phenoxy) is 1. The SMILES string of the molecule is COc1ccc2cc(C3(C)NC(=O)N(CC(=O)NC4CCCc5ccccc54)C3=O)ccc2c1. The summed E-state index contributed by atoms with van der Waals surface area (Å²) < 4.78 is 5.27. The van der Waals surface area contributed by atoms with Crippen LogP contribution in [0.2, 0.25) is 0 Å². The van der Waals surface area contributed by atoms with Crippen molar-refractivity contribution >= 4 is 28.6 Å². The first-order valence-corrected chi connectivity index (χ1v) is 11.5. The molecule has 2 aliphatic rings. The highest BCUT2D eigenvalue weighted by atomic mass is 16.5. The fourth-order valence-corrected chi connectivity index (χ4v) is 4.99. The minimum absolute atomic E-state index is 0.109. The minimum atomic E-state index is -1.25. The highest BCUT2D eigenvalue weighted by molar-refractivity contribution is 6.09. The van der Waals surface area contributed by atoms with Crippen molar-refractivity contribution in [2.75, 3.05) is 13.7 Å². The zero-order valence-electron chi connectivity index (χ0n) is 19.3. The van der Waals surface area contributed by atoms with Gasteiger partial charge in [0.05, 0.1) is 13.2 Å². The van der Waals surface area contributed by atoms with Crippen LogP contribution in [0.25, 0.3) is 10.8 Å². The Morgan fingerprint density at radius 2 is 1.88 bits per heavy atom. The number of nitrogens with one attached hydrogen (secondary N) is 2. The van der Waals surface area contributed by atoms with Crippen molar-refractivity contribution in [2.45, 2.75) is 37.8 Å². The maximum absolute atomic E-state index is 13.3. The van der Waals surface area contributed by atoms with Gasteiger partial charge in [-0.3, -0.25) is 14.5 Å². The Kier molecular flexibility index (Phi) is 5.48. The molecule has 5 rings (SSSR count). The molecule has 2 unspecified atom stereocenters. The van der Waals surface area contributed by atoms with Crippen molar-refractivity contribution in [3.8, 4) is 5.75 Å². The van der Waals surface area contributed by atoms with Crippen molar-refractivity contribution in [2.24, 2.45) is 0 Å². The number of amides is 4. The Morgan fingerprint density at radius 3 is 2.71 bits per heavy atom. The second-order valence-electron chi connectivity index (χ2n) is 9.09. The van der Waals surface area contributed by atoms with E-state index >= 15 is 0 Å². The lowest BCUT2D eigenvalue weighted by Gasteiger charge is -2.27. The van der Waals surface area contributed by atoms with Crippen LogP contribution in [0.15, 0.2) is 60.7 Å². The van der Waals surface area contributed by atoms with Gasteiger partial charge in [-0.1, -0.05) is 42.5 Å². The standard InChI is InChI=1S/C27H27N3O4/c1-27(20-12-10-19-15-21(34-2)13-11-18(19)14-20)25(32)30(26(33)29-27)16-24(31)28-23-9-5-7-17-6-3-4-8-22(17)23/h3-4,6,8,10-15,23H,5,7,9,16H2,1-2H3,(H,28,31)(H,29,33). The summed E-state index contributed by atoms with van der Waals surface area (Å²) in [6, 6.07) is 18.7. The van der Waals surface area contributed by atoms with Crippen LogP contribution in [-0.2, 0) is 21.5 Å². The Bertz CT molecular complexity index is 1300. The Hall–Kier alpha value is -3.87. The van der Waals surface area contributed by atoms with Crippen molar-refractivity contribution in [3.05, 3.63) is 77.4 Å². The van der Waals surface area contributed by atoms with Gasteiger partial charge in [0.15, 0.2) is 0 Å². The second-order valence-corrected chi connectivity index (χ2v) is 9.09. The van der Waals surface area contributed by atoms with E-state index in [9.17, 15) is 14.4 Å². The first-order chi connectivity index (χ1) is 16.4. The van der Waals surface area contributed by atoms with E-state index in [0.717, 1.165) is 46.2 Å². The van der Waals surface area contributed by atoms with E-state index in [2.05, 4.69) is 16.7 Å². The van der Waals surface area contributed by atoms with Gasteiger partial charge in [-0.2, -0.15) is 0 Å². The number of nitrogens with zero attached hydrogens (tertiary/aromatic N) is 1. The lowest BCUT2D eigenvalue weighted by molar-refractivity contribution is -0.135. The number of imide groups is 1. The molecule has 7 heteroatoms. The molecular weight excluding hydrogens is 430 g/mol. The van der Waals surface area contributed by atoms with E-state index in [1.54, 1.807) is 14.0 Å². The third-order valence-corrected chi connectivity index (χ3v) is 6.91. The Morgan fingerprint density at radius 1 is 1.12 bits per heavy atom. The molecular formula is C27H27N3O4. The average Bonchev–Trinajstić information content (AvgIpc) is 3.07. The number of methoxy groups -OCH3 is 1. The molecule has 1 heterocycles. The van der Waals surface area contributed by atoms with Crippen LogP contribution in [0.5, 0.6) is 5.75 Å². The maximum Gasteiger partial charge on any atom is 0.325 e. The number of carbonyl (C=O) groups excluding carboxylic acids is 3. The highest BCUT2D eigenvalue weighted by Gasteiger charge is 2.49. The van der Waals surface area contributed by atoms with Crippen LogP contribution in [0.3, 0.4) is 0 Å². The summed E-state index contributed by atoms with van der Waals surface area (Å²) in [6.45, 7) is 1.36. The normalized spacial score (nSPS) is 21.8. The quantitative estimate of drug-likeness (QED) is 0.571. The number of hydrogen-bond donors (Lipinski definition) is 2. The highest BCUT2D eigenvalue weighted by Crippen LogP contribution is 2.33. The number of carbonyl (C=O) groups is 3. The first kappa shape index (κ1) is 21.9. The van der Waals surface area contributed by atoms with Crippen LogP contribution in [0.4, 0.5) is 4.79 Å². The van der Waals surface area contributed by atoms with Crippen LogP contribution in [0, 0.1) is 0 Å². The molecule has 2 N–H and O–H groups in total. The fraction of sp³-hybridized carbons (Fsp3) is 0.296. The van der Waals surface area contributed by atoms with Crippen molar-refractivity contribution in [3.63, 3.8) is 0 Å². The summed E-state index contributed by atoms with van der Waals surface area (Å²) in [5.74, 6) is -0.0425. The van der Waals surface area contributed by atoms with E-state index in [4.69, 9.17) is 4.74 Å². The van der Waals surface area contributed by atoms with Gasteiger partial charge in [0, 0.05) is 0 Å². The summed E-state index contributed by atoms with van der Waals surface area (Å²) >= 11 is 0. The van der Waals surface area contributed by atoms with E-state index in [1.807, 2.05) is 54.6 Å². The zero-order chi connectivity index (χ0) is 23.9. The predicted octanol–water partition coefficient (Wildman–Crippen LogP) is 3.81. The third-order valence-electron chi connectivity index (χ3n) is 6.91. The number of rotatable bonds is 5. The molecule has 0 saturated carbocycles. The molecule has 4 amide bonds. The molecule has 7 nitrogen and oxygen atoms in total. The van der Waals surface area contributed by atoms with E-state index in [-0.39, 0.29) is 18.5 Å². The molecule has 2 atom stereocenters. The number of benzene rings is 3. The number of fused-ring (bicyclic) bond motifs is 2. The lowest BCUT2D eigenvalue weighted by atomic mass is 9.88. The van der Waals surface area contributed by atoms with Gasteiger partial charge in [-0.15, -0.1) is 0 Å². The lowest BCUT2D eigenvalue weighted by Crippen LogP contribution is -2.44. The molecule has 0 bridgehead atoms. The molecule has 34 heavy (non-hydrogen) atoms. The Balaban J connectivity index is 1.33. The summed E-state index contributed by atoms with van der Waals surface area (Å²) in [5.41, 5.74) is 1.75. The Labute approximate surface area is 198 Å². The monoisotopic (exact) mass is 457 g/mol.